The first-order chi connectivity index (χ1) is 17.2. The van der Waals surface area contributed by atoms with Crippen LogP contribution in [-0.4, -0.2) is 46.6 Å². The molecule has 0 spiro atoms. The first-order valence-electron chi connectivity index (χ1n) is 12.3. The van der Waals surface area contributed by atoms with Crippen molar-refractivity contribution in [3.05, 3.63) is 89.3 Å². The number of nitrogens with one attached hydrogen (secondary N) is 2. The van der Waals surface area contributed by atoms with Gasteiger partial charge in [0.1, 0.15) is 6.26 Å². The van der Waals surface area contributed by atoms with E-state index in [1.807, 2.05) is 6.07 Å². The second-order valence-electron chi connectivity index (χ2n) is 9.22. The number of para-hydroxylation sites is 1. The van der Waals surface area contributed by atoms with Gasteiger partial charge in [0.05, 0.1) is 12.6 Å². The highest BCUT2D eigenvalue weighted by molar-refractivity contribution is 5.91. The third-order valence-corrected chi connectivity index (χ3v) is 6.69. The maximum absolute atomic E-state index is 12.5. The van der Waals surface area contributed by atoms with Crippen molar-refractivity contribution in [1.82, 2.24) is 20.2 Å². The summed E-state index contributed by atoms with van der Waals surface area (Å²) < 4.78 is 11.3. The predicted molar refractivity (Wildman–Crippen MR) is 135 cm³/mol. The van der Waals surface area contributed by atoms with Crippen LogP contribution in [0.2, 0.25) is 0 Å². The molecule has 0 bridgehead atoms. The van der Waals surface area contributed by atoms with E-state index in [2.05, 4.69) is 75.8 Å². The molecule has 1 amide bonds. The molecule has 182 valence electrons. The lowest BCUT2D eigenvalue weighted by molar-refractivity contribution is 0.0853. The third kappa shape index (κ3) is 5.81. The van der Waals surface area contributed by atoms with E-state index >= 15 is 0 Å². The summed E-state index contributed by atoms with van der Waals surface area (Å²) in [6.45, 7) is 5.54. The number of aryl methyl sites for hydroxylation is 1. The van der Waals surface area contributed by atoms with Gasteiger partial charge in [-0.3, -0.25) is 9.69 Å². The van der Waals surface area contributed by atoms with Crippen LogP contribution in [0, 0.1) is 6.92 Å². The molecule has 2 aromatic carbocycles. The minimum atomic E-state index is -0.222. The molecule has 5 rings (SSSR count). The Morgan fingerprint density at radius 3 is 2.86 bits per heavy atom. The number of hydrogen-bond acceptors (Lipinski definition) is 5. The van der Waals surface area contributed by atoms with E-state index in [0.29, 0.717) is 24.7 Å². The number of nitrogens with zero attached hydrogens (tertiary/aromatic N) is 2. The highest BCUT2D eigenvalue weighted by Crippen LogP contribution is 2.20. The molecule has 1 aliphatic rings. The fourth-order valence-corrected chi connectivity index (χ4v) is 4.64. The van der Waals surface area contributed by atoms with Gasteiger partial charge in [-0.25, -0.2) is 4.98 Å². The lowest BCUT2D eigenvalue weighted by atomic mass is 10.1. The minimum absolute atomic E-state index is 0.0967. The fourth-order valence-electron chi connectivity index (χ4n) is 4.64. The Balaban J connectivity index is 1.26. The number of carbonyl (C=O) groups is 1. The SMILES string of the molecule is Cc1ccccc1CN(CCc1c[nH]c2ccccc12)Cc1nc(C(=O)NCC2CCCO2)co1. The molecule has 1 fully saturated rings. The highest BCUT2D eigenvalue weighted by atomic mass is 16.5. The first-order valence-corrected chi connectivity index (χ1v) is 12.3. The van der Waals surface area contributed by atoms with Crippen LogP contribution >= 0.6 is 0 Å². The number of carbonyl (C=O) groups excluding carboxylic acids is 1. The summed E-state index contributed by atoms with van der Waals surface area (Å²) in [4.78, 5) is 22.7. The second kappa shape index (κ2) is 10.9. The molecule has 0 aliphatic carbocycles. The van der Waals surface area contributed by atoms with Crippen LogP contribution in [0.4, 0.5) is 0 Å². The standard InChI is InChI=1S/C28H32N4O3/c1-20-7-2-3-8-22(20)17-32(13-12-21-15-29-25-11-5-4-10-24(21)25)18-27-31-26(19-35-27)28(33)30-16-23-9-6-14-34-23/h2-5,7-8,10-11,15,19,23,29H,6,9,12-14,16-18H2,1H3,(H,30,33). The van der Waals surface area contributed by atoms with Crippen molar-refractivity contribution >= 4 is 16.8 Å². The van der Waals surface area contributed by atoms with E-state index in [1.54, 1.807) is 0 Å². The Kier molecular flexibility index (Phi) is 7.25. The van der Waals surface area contributed by atoms with Gasteiger partial charge in [-0.1, -0.05) is 42.5 Å². The van der Waals surface area contributed by atoms with Gasteiger partial charge in [0.2, 0.25) is 5.89 Å². The molecule has 0 radical (unpaired) electrons. The smallest absolute Gasteiger partial charge is 0.273 e. The Labute approximate surface area is 205 Å². The van der Waals surface area contributed by atoms with Gasteiger partial charge in [0.25, 0.3) is 5.91 Å². The summed E-state index contributed by atoms with van der Waals surface area (Å²) in [6, 6.07) is 16.8. The molecule has 35 heavy (non-hydrogen) atoms. The van der Waals surface area contributed by atoms with Crippen LogP contribution in [-0.2, 0) is 24.2 Å². The van der Waals surface area contributed by atoms with Crippen LogP contribution in [0.15, 0.2) is 65.4 Å². The van der Waals surface area contributed by atoms with E-state index < -0.39 is 0 Å². The molecule has 1 saturated heterocycles. The zero-order valence-corrected chi connectivity index (χ0v) is 20.1. The van der Waals surface area contributed by atoms with Gasteiger partial charge in [-0.2, -0.15) is 0 Å². The van der Waals surface area contributed by atoms with Gasteiger partial charge in [0.15, 0.2) is 5.69 Å². The number of hydrogen-bond donors (Lipinski definition) is 2. The molecule has 7 nitrogen and oxygen atoms in total. The summed E-state index contributed by atoms with van der Waals surface area (Å²) >= 11 is 0. The number of fused-ring (bicyclic) bond motifs is 1. The molecular formula is C28H32N4O3. The summed E-state index contributed by atoms with van der Waals surface area (Å²) in [6.07, 6.45) is 6.56. The summed E-state index contributed by atoms with van der Waals surface area (Å²) in [5.74, 6) is 0.319. The Morgan fingerprint density at radius 1 is 1.14 bits per heavy atom. The lowest BCUT2D eigenvalue weighted by Crippen LogP contribution is -2.32. The number of benzene rings is 2. The van der Waals surface area contributed by atoms with Crippen LogP contribution < -0.4 is 5.32 Å². The molecule has 1 aliphatic heterocycles. The number of H-pyrrole nitrogens is 1. The monoisotopic (exact) mass is 472 g/mol. The van der Waals surface area contributed by atoms with Gasteiger partial charge in [-0.15, -0.1) is 0 Å². The molecule has 3 heterocycles. The summed E-state index contributed by atoms with van der Waals surface area (Å²) in [5.41, 5.74) is 5.28. The molecule has 7 heteroatoms. The zero-order chi connectivity index (χ0) is 24.0. The molecule has 0 saturated carbocycles. The van der Waals surface area contributed by atoms with E-state index in [1.165, 1.54) is 28.3 Å². The largest absolute Gasteiger partial charge is 0.447 e. The van der Waals surface area contributed by atoms with Crippen LogP contribution in [0.25, 0.3) is 10.9 Å². The van der Waals surface area contributed by atoms with E-state index in [0.717, 1.165) is 44.5 Å². The summed E-state index contributed by atoms with van der Waals surface area (Å²) in [5, 5.41) is 4.17. The van der Waals surface area contributed by atoms with Crippen molar-refractivity contribution in [1.29, 1.82) is 0 Å². The van der Waals surface area contributed by atoms with Crippen molar-refractivity contribution in [3.8, 4) is 0 Å². The Morgan fingerprint density at radius 2 is 2.00 bits per heavy atom. The van der Waals surface area contributed by atoms with E-state index in [4.69, 9.17) is 9.15 Å². The topological polar surface area (TPSA) is 83.4 Å². The quantitative estimate of drug-likeness (QED) is 0.352. The lowest BCUT2D eigenvalue weighted by Gasteiger charge is -2.22. The Bertz CT molecular complexity index is 1270. The molecule has 2 aromatic heterocycles. The zero-order valence-electron chi connectivity index (χ0n) is 20.1. The fraction of sp³-hybridized carbons (Fsp3) is 0.357. The van der Waals surface area contributed by atoms with Crippen molar-refractivity contribution in [2.75, 3.05) is 19.7 Å². The van der Waals surface area contributed by atoms with Crippen LogP contribution in [0.5, 0.6) is 0 Å². The van der Waals surface area contributed by atoms with Crippen LogP contribution in [0.1, 0.15) is 45.9 Å². The van der Waals surface area contributed by atoms with Crippen LogP contribution in [0.3, 0.4) is 0 Å². The Hall–Kier alpha value is -3.42. The van der Waals surface area contributed by atoms with Gasteiger partial charge in [0, 0.05) is 43.3 Å². The number of oxazole rings is 1. The first kappa shape index (κ1) is 23.3. The number of aromatic amines is 1. The van der Waals surface area contributed by atoms with Gasteiger partial charge < -0.3 is 19.5 Å². The highest BCUT2D eigenvalue weighted by Gasteiger charge is 2.19. The second-order valence-corrected chi connectivity index (χ2v) is 9.22. The van der Waals surface area contributed by atoms with Gasteiger partial charge >= 0.3 is 0 Å². The van der Waals surface area contributed by atoms with Crippen molar-refractivity contribution < 1.29 is 13.9 Å². The van der Waals surface area contributed by atoms with Crippen molar-refractivity contribution in [3.63, 3.8) is 0 Å². The number of ether oxygens (including phenoxy) is 1. The normalized spacial score (nSPS) is 15.8. The van der Waals surface area contributed by atoms with E-state index in [-0.39, 0.29) is 12.0 Å². The average molecular weight is 473 g/mol. The van der Waals surface area contributed by atoms with E-state index in [9.17, 15) is 4.79 Å². The number of rotatable bonds is 10. The maximum atomic E-state index is 12.5. The maximum Gasteiger partial charge on any atom is 0.273 e. The molecule has 1 unspecified atom stereocenters. The van der Waals surface area contributed by atoms with Crippen molar-refractivity contribution in [2.45, 2.75) is 45.4 Å². The van der Waals surface area contributed by atoms with Crippen molar-refractivity contribution in [2.24, 2.45) is 0 Å². The molecule has 2 N–H and O–H groups in total. The minimum Gasteiger partial charge on any atom is -0.447 e. The molecule has 1 atom stereocenters. The third-order valence-electron chi connectivity index (χ3n) is 6.69. The number of amides is 1. The molecule has 4 aromatic rings. The molecular weight excluding hydrogens is 440 g/mol. The van der Waals surface area contributed by atoms with Gasteiger partial charge in [-0.05, 0) is 48.9 Å². The average Bonchev–Trinajstić information content (AvgIpc) is 3.64. The predicted octanol–water partition coefficient (Wildman–Crippen LogP) is 4.62. The summed E-state index contributed by atoms with van der Waals surface area (Å²) in [7, 11) is 0. The number of aromatic nitrogens is 2.